The Hall–Kier alpha value is -4.96. The molecule has 0 saturated carbocycles. The molecule has 0 atom stereocenters. The number of methoxy groups -OCH3 is 1. The smallest absolute Gasteiger partial charge is 0.337 e. The minimum absolute atomic E-state index is 0.178. The number of carbonyl (C=O) groups excluding carboxylic acids is 4. The van der Waals surface area contributed by atoms with Crippen LogP contribution in [0.15, 0.2) is 88.9 Å². The highest BCUT2D eigenvalue weighted by molar-refractivity contribution is 9.10. The van der Waals surface area contributed by atoms with E-state index in [2.05, 4.69) is 26.0 Å². The minimum atomic E-state index is -0.902. The molecule has 0 unspecified atom stereocenters. The topological polar surface area (TPSA) is 111 Å². The molecule has 0 radical (unpaired) electrons. The van der Waals surface area contributed by atoms with Gasteiger partial charge in [-0.05, 0) is 87.2 Å². The molecule has 212 valence electrons. The Morgan fingerprint density at radius 3 is 2.43 bits per heavy atom. The molecule has 1 aliphatic rings. The summed E-state index contributed by atoms with van der Waals surface area (Å²) in [4.78, 5) is 51.3. The van der Waals surface area contributed by atoms with Crippen LogP contribution in [-0.4, -0.2) is 37.5 Å². The lowest BCUT2D eigenvalue weighted by Crippen LogP contribution is -2.54. The molecule has 1 aliphatic heterocycles. The maximum Gasteiger partial charge on any atom is 0.337 e. The van der Waals surface area contributed by atoms with Gasteiger partial charge in [-0.3, -0.25) is 14.9 Å². The van der Waals surface area contributed by atoms with Gasteiger partial charge in [0.1, 0.15) is 12.2 Å². The summed E-state index contributed by atoms with van der Waals surface area (Å²) in [7, 11) is 1.25. The molecule has 0 bridgehead atoms. The van der Waals surface area contributed by atoms with Crippen LogP contribution in [0.25, 0.3) is 16.8 Å². The predicted octanol–water partition coefficient (Wildman–Crippen LogP) is 6.03. The molecule has 4 amide bonds. The van der Waals surface area contributed by atoms with Crippen LogP contribution in [0.4, 0.5) is 10.5 Å². The largest absolute Gasteiger partial charge is 0.490 e. The van der Waals surface area contributed by atoms with Crippen LogP contribution in [-0.2, 0) is 20.9 Å². The van der Waals surface area contributed by atoms with E-state index in [1.807, 2.05) is 49.4 Å². The number of rotatable bonds is 8. The summed E-state index contributed by atoms with van der Waals surface area (Å²) >= 11 is 3.55. The standard InChI is InChI=1S/C32H25BrN2O7/c1-3-41-27-17-19(16-26(33)28(27)42-18-22-9-6-8-20-7-4-5-10-24(20)22)15-25-29(36)34-32(39)35(30(25)37)23-13-11-21(12-14-23)31(38)40-2/h4-17H,3,18H2,1-2H3,(H,34,36,39)/b25-15+. The Morgan fingerprint density at radius 1 is 0.952 bits per heavy atom. The van der Waals surface area contributed by atoms with Crippen molar-refractivity contribution < 1.29 is 33.4 Å². The highest BCUT2D eigenvalue weighted by Crippen LogP contribution is 2.38. The molecule has 0 aliphatic carbocycles. The summed E-state index contributed by atoms with van der Waals surface area (Å²) in [5.41, 5.74) is 1.63. The molecule has 1 saturated heterocycles. The first-order valence-electron chi connectivity index (χ1n) is 13.0. The van der Waals surface area contributed by atoms with E-state index >= 15 is 0 Å². The Balaban J connectivity index is 1.44. The van der Waals surface area contributed by atoms with Gasteiger partial charge in [0.05, 0.1) is 29.4 Å². The van der Waals surface area contributed by atoms with Crippen molar-refractivity contribution in [2.45, 2.75) is 13.5 Å². The first-order chi connectivity index (χ1) is 20.3. The van der Waals surface area contributed by atoms with Crippen LogP contribution in [0.3, 0.4) is 0 Å². The number of urea groups is 1. The average Bonchev–Trinajstić information content (AvgIpc) is 2.99. The number of carbonyl (C=O) groups is 4. The van der Waals surface area contributed by atoms with Crippen molar-refractivity contribution >= 4 is 62.3 Å². The van der Waals surface area contributed by atoms with Gasteiger partial charge < -0.3 is 14.2 Å². The molecule has 0 spiro atoms. The Bertz CT molecular complexity index is 1740. The summed E-state index contributed by atoms with van der Waals surface area (Å²) < 4.78 is 17.3. The first kappa shape index (κ1) is 28.6. The maximum atomic E-state index is 13.4. The van der Waals surface area contributed by atoms with Gasteiger partial charge >= 0.3 is 12.0 Å². The number of esters is 1. The van der Waals surface area contributed by atoms with Gasteiger partial charge in [0.15, 0.2) is 11.5 Å². The number of hydrogen-bond donors (Lipinski definition) is 1. The molecule has 5 rings (SSSR count). The lowest BCUT2D eigenvalue weighted by molar-refractivity contribution is -0.122. The van der Waals surface area contributed by atoms with Crippen molar-refractivity contribution in [3.05, 3.63) is 106 Å². The number of barbiturate groups is 1. The SMILES string of the molecule is CCOc1cc(/C=C2\C(=O)NC(=O)N(c3ccc(C(=O)OC)cc3)C2=O)cc(Br)c1OCc1cccc2ccccc12. The van der Waals surface area contributed by atoms with Crippen molar-refractivity contribution in [2.24, 2.45) is 0 Å². The lowest BCUT2D eigenvalue weighted by atomic mass is 10.1. The van der Waals surface area contributed by atoms with Crippen LogP contribution < -0.4 is 19.7 Å². The molecule has 4 aromatic rings. The van der Waals surface area contributed by atoms with Crippen molar-refractivity contribution in [3.8, 4) is 11.5 Å². The van der Waals surface area contributed by atoms with Crippen molar-refractivity contribution in [2.75, 3.05) is 18.6 Å². The third kappa shape index (κ3) is 5.75. The molecule has 1 fully saturated rings. The lowest BCUT2D eigenvalue weighted by Gasteiger charge is -2.26. The maximum absolute atomic E-state index is 13.4. The predicted molar refractivity (Wildman–Crippen MR) is 160 cm³/mol. The fraction of sp³-hybridized carbons (Fsp3) is 0.125. The van der Waals surface area contributed by atoms with E-state index in [1.165, 1.54) is 37.5 Å². The number of anilines is 1. The Morgan fingerprint density at radius 2 is 1.69 bits per heavy atom. The monoisotopic (exact) mass is 628 g/mol. The van der Waals surface area contributed by atoms with Gasteiger partial charge in [-0.15, -0.1) is 0 Å². The molecule has 0 aromatic heterocycles. The first-order valence-corrected chi connectivity index (χ1v) is 13.8. The van der Waals surface area contributed by atoms with Gasteiger partial charge in [-0.1, -0.05) is 42.5 Å². The summed E-state index contributed by atoms with van der Waals surface area (Å²) in [6.45, 7) is 2.47. The number of amides is 4. The number of ether oxygens (including phenoxy) is 3. The number of halogens is 1. The van der Waals surface area contributed by atoms with E-state index in [-0.39, 0.29) is 23.4 Å². The third-order valence-electron chi connectivity index (χ3n) is 6.54. The van der Waals surface area contributed by atoms with E-state index < -0.39 is 23.8 Å². The zero-order valence-corrected chi connectivity index (χ0v) is 24.3. The summed E-state index contributed by atoms with van der Waals surface area (Å²) in [6, 6.07) is 22.2. The Labute approximate surface area is 249 Å². The molecule has 4 aromatic carbocycles. The van der Waals surface area contributed by atoms with E-state index in [9.17, 15) is 19.2 Å². The molecular formula is C32H25BrN2O7. The number of fused-ring (bicyclic) bond motifs is 1. The van der Waals surface area contributed by atoms with Gasteiger partial charge in [0.2, 0.25) is 0 Å². The molecule has 1 heterocycles. The molecule has 42 heavy (non-hydrogen) atoms. The van der Waals surface area contributed by atoms with Crippen LogP contribution in [0.5, 0.6) is 11.5 Å². The van der Waals surface area contributed by atoms with Crippen molar-refractivity contribution in [1.82, 2.24) is 5.32 Å². The van der Waals surface area contributed by atoms with Gasteiger partial charge in [-0.25, -0.2) is 14.5 Å². The molecular weight excluding hydrogens is 604 g/mol. The van der Waals surface area contributed by atoms with Crippen LogP contribution in [0, 0.1) is 0 Å². The fourth-order valence-corrected chi connectivity index (χ4v) is 5.14. The quantitative estimate of drug-likeness (QED) is 0.144. The second-order valence-corrected chi connectivity index (χ2v) is 10.0. The fourth-order valence-electron chi connectivity index (χ4n) is 4.57. The second kappa shape index (κ2) is 12.3. The zero-order valence-electron chi connectivity index (χ0n) is 22.7. The molecule has 9 nitrogen and oxygen atoms in total. The van der Waals surface area contributed by atoms with E-state index in [0.29, 0.717) is 28.1 Å². The van der Waals surface area contributed by atoms with Gasteiger partial charge in [-0.2, -0.15) is 0 Å². The number of hydrogen-bond acceptors (Lipinski definition) is 7. The number of nitrogens with one attached hydrogen (secondary N) is 1. The van der Waals surface area contributed by atoms with E-state index in [4.69, 9.17) is 9.47 Å². The summed E-state index contributed by atoms with van der Waals surface area (Å²) in [5, 5.41) is 4.38. The number of imide groups is 2. The normalized spacial score (nSPS) is 14.2. The summed E-state index contributed by atoms with van der Waals surface area (Å²) in [5.74, 6) is -1.34. The number of benzene rings is 4. The van der Waals surface area contributed by atoms with E-state index in [0.717, 1.165) is 21.2 Å². The summed E-state index contributed by atoms with van der Waals surface area (Å²) in [6.07, 6.45) is 1.38. The van der Waals surface area contributed by atoms with Gasteiger partial charge in [0.25, 0.3) is 11.8 Å². The molecule has 10 heteroatoms. The average molecular weight is 629 g/mol. The minimum Gasteiger partial charge on any atom is -0.490 e. The van der Waals surface area contributed by atoms with Crippen LogP contribution >= 0.6 is 15.9 Å². The van der Waals surface area contributed by atoms with Crippen LogP contribution in [0.2, 0.25) is 0 Å². The highest BCUT2D eigenvalue weighted by Gasteiger charge is 2.37. The second-order valence-electron chi connectivity index (χ2n) is 9.19. The Kier molecular flexibility index (Phi) is 8.35. The third-order valence-corrected chi connectivity index (χ3v) is 7.13. The highest BCUT2D eigenvalue weighted by atomic mass is 79.9. The van der Waals surface area contributed by atoms with Crippen LogP contribution in [0.1, 0.15) is 28.4 Å². The van der Waals surface area contributed by atoms with Crippen molar-refractivity contribution in [3.63, 3.8) is 0 Å². The number of nitrogens with zero attached hydrogens (tertiary/aromatic N) is 1. The molecule has 1 N–H and O–H groups in total. The van der Waals surface area contributed by atoms with E-state index in [1.54, 1.807) is 12.1 Å². The van der Waals surface area contributed by atoms with Crippen molar-refractivity contribution in [1.29, 1.82) is 0 Å². The van der Waals surface area contributed by atoms with Gasteiger partial charge in [0, 0.05) is 0 Å². The zero-order chi connectivity index (χ0) is 29.8.